The molecule has 0 aromatic carbocycles. The zero-order valence-corrected chi connectivity index (χ0v) is 14.2. The lowest BCUT2D eigenvalue weighted by atomic mass is 10.1. The van der Waals surface area contributed by atoms with Gasteiger partial charge in [-0.2, -0.15) is 0 Å². The molecule has 5 nitrogen and oxygen atoms in total. The Hall–Kier alpha value is -1.04. The summed E-state index contributed by atoms with van der Waals surface area (Å²) in [5.74, 6) is -0.997. The van der Waals surface area contributed by atoms with Gasteiger partial charge in [-0.1, -0.05) is 52.2 Å². The largest absolute Gasteiger partial charge is 0.480 e. The zero-order chi connectivity index (χ0) is 15.6. The topological polar surface area (TPSA) is 75.6 Å². The molecule has 0 aliphatic carbocycles. The van der Waals surface area contributed by atoms with Crippen molar-refractivity contribution in [3.05, 3.63) is 0 Å². The Labute approximate surface area is 123 Å². The van der Waals surface area contributed by atoms with Gasteiger partial charge in [-0.3, -0.25) is 0 Å². The Morgan fingerprint density at radius 3 is 2.35 bits per heavy atom. The number of nitrogens with one attached hydrogen (secondary N) is 1. The van der Waals surface area contributed by atoms with Gasteiger partial charge < -0.3 is 15.2 Å². The first kappa shape index (κ1) is 19.0. The number of aliphatic carboxylic acids is 1. The summed E-state index contributed by atoms with van der Waals surface area (Å²) in [6, 6.07) is 0.0421. The van der Waals surface area contributed by atoms with Gasteiger partial charge in [-0.05, 0) is 12.5 Å². The van der Waals surface area contributed by atoms with Crippen LogP contribution >= 0.6 is 0 Å². The molecule has 0 aromatic rings. The molecule has 0 saturated heterocycles. The van der Waals surface area contributed by atoms with Crippen LogP contribution in [0.15, 0.2) is 0 Å². The minimum Gasteiger partial charge on any atom is -0.480 e. The number of ether oxygens (including phenoxy) is 1. The summed E-state index contributed by atoms with van der Waals surface area (Å²) < 4.78 is 5.05. The molecule has 0 aromatic heterocycles. The van der Waals surface area contributed by atoms with Gasteiger partial charge in [0, 0.05) is 8.07 Å². The number of carbonyl (C=O) groups excluding carboxylic acids is 1. The van der Waals surface area contributed by atoms with E-state index in [1.54, 1.807) is 0 Å². The molecule has 0 heterocycles. The number of carbonyl (C=O) groups is 2. The van der Waals surface area contributed by atoms with E-state index in [0.717, 1.165) is 31.7 Å². The predicted molar refractivity (Wildman–Crippen MR) is 82.8 cm³/mol. The van der Waals surface area contributed by atoms with E-state index >= 15 is 0 Å². The van der Waals surface area contributed by atoms with Crippen LogP contribution in [0.1, 0.15) is 39.0 Å². The van der Waals surface area contributed by atoms with Gasteiger partial charge in [0.15, 0.2) is 0 Å². The van der Waals surface area contributed by atoms with Crippen molar-refractivity contribution >= 4 is 20.1 Å². The van der Waals surface area contributed by atoms with Crippen molar-refractivity contribution in [2.75, 3.05) is 6.61 Å². The Kier molecular flexibility index (Phi) is 9.29. The van der Waals surface area contributed by atoms with Crippen molar-refractivity contribution in [1.29, 1.82) is 0 Å². The van der Waals surface area contributed by atoms with E-state index in [0.29, 0.717) is 13.0 Å². The predicted octanol–water partition coefficient (Wildman–Crippen LogP) is 3.47. The average molecular weight is 303 g/mol. The third kappa shape index (κ3) is 10.8. The second-order valence-electron chi connectivity index (χ2n) is 6.33. The van der Waals surface area contributed by atoms with Crippen molar-refractivity contribution in [2.45, 2.75) is 70.8 Å². The lowest BCUT2D eigenvalue weighted by Crippen LogP contribution is -2.41. The molecule has 1 amide bonds. The molecule has 1 atom stereocenters. The van der Waals surface area contributed by atoms with Gasteiger partial charge in [0.25, 0.3) is 0 Å². The van der Waals surface area contributed by atoms with Crippen LogP contribution in [0.2, 0.25) is 25.7 Å². The van der Waals surface area contributed by atoms with Crippen LogP contribution in [0.3, 0.4) is 0 Å². The van der Waals surface area contributed by atoms with Crippen LogP contribution in [0.4, 0.5) is 4.79 Å². The lowest BCUT2D eigenvalue weighted by molar-refractivity contribution is -0.139. The number of rotatable bonds is 10. The molecular weight excluding hydrogens is 274 g/mol. The Morgan fingerprint density at radius 1 is 1.20 bits per heavy atom. The summed E-state index contributed by atoms with van der Waals surface area (Å²) >= 11 is 0. The van der Waals surface area contributed by atoms with Gasteiger partial charge in [-0.25, -0.2) is 9.59 Å². The summed E-state index contributed by atoms with van der Waals surface area (Å²) in [5.41, 5.74) is 0. The quantitative estimate of drug-likeness (QED) is 0.478. The molecule has 0 aliphatic rings. The molecule has 0 rings (SSSR count). The Bertz CT molecular complexity index is 302. The van der Waals surface area contributed by atoms with Crippen LogP contribution in [0.5, 0.6) is 0 Å². The van der Waals surface area contributed by atoms with Gasteiger partial charge in [0.1, 0.15) is 6.04 Å². The van der Waals surface area contributed by atoms with E-state index in [2.05, 4.69) is 31.9 Å². The van der Waals surface area contributed by atoms with Crippen LogP contribution in [0.25, 0.3) is 0 Å². The monoisotopic (exact) mass is 303 g/mol. The number of carboxylic acids is 1. The number of hydrogen-bond donors (Lipinski definition) is 2. The third-order valence-electron chi connectivity index (χ3n) is 3.02. The molecule has 1 unspecified atom stereocenters. The van der Waals surface area contributed by atoms with E-state index in [1.165, 1.54) is 0 Å². The Balaban J connectivity index is 3.99. The van der Waals surface area contributed by atoms with Crippen molar-refractivity contribution in [3.63, 3.8) is 0 Å². The van der Waals surface area contributed by atoms with Crippen molar-refractivity contribution in [3.8, 4) is 0 Å². The summed E-state index contributed by atoms with van der Waals surface area (Å²) in [6.45, 7) is 9.05. The standard InChI is InChI=1S/C14H29NO4Si/c1-5-6-7-8-9-12(13(16)17)15-14(18)19-10-11-20(2,3)4/h12H,5-11H2,1-4H3,(H,15,18)(H,16,17). The molecule has 2 N–H and O–H groups in total. The van der Waals surface area contributed by atoms with Gasteiger partial charge in [0.05, 0.1) is 6.61 Å². The van der Waals surface area contributed by atoms with Crippen molar-refractivity contribution in [1.82, 2.24) is 5.32 Å². The maximum absolute atomic E-state index is 11.6. The first-order valence-corrected chi connectivity index (χ1v) is 11.1. The molecule has 0 spiro atoms. The summed E-state index contributed by atoms with van der Waals surface area (Å²) in [7, 11) is -1.24. The normalized spacial score (nSPS) is 12.8. The van der Waals surface area contributed by atoms with E-state index in [1.807, 2.05) is 0 Å². The van der Waals surface area contributed by atoms with Crippen molar-refractivity contribution < 1.29 is 19.4 Å². The first-order chi connectivity index (χ1) is 9.26. The fourth-order valence-electron chi connectivity index (χ4n) is 1.67. The summed E-state index contributed by atoms with van der Waals surface area (Å²) in [6.07, 6.45) is 3.83. The van der Waals surface area contributed by atoms with Crippen LogP contribution in [0, 0.1) is 0 Å². The average Bonchev–Trinajstić information content (AvgIpc) is 2.31. The van der Waals surface area contributed by atoms with Crippen LogP contribution in [-0.4, -0.2) is 37.9 Å². The molecule has 20 heavy (non-hydrogen) atoms. The fourth-order valence-corrected chi connectivity index (χ4v) is 2.38. The fraction of sp³-hybridized carbons (Fsp3) is 0.857. The van der Waals surface area contributed by atoms with E-state index in [4.69, 9.17) is 9.84 Å². The smallest absolute Gasteiger partial charge is 0.407 e. The lowest BCUT2D eigenvalue weighted by Gasteiger charge is -2.17. The first-order valence-electron chi connectivity index (χ1n) is 7.42. The molecule has 0 bridgehead atoms. The molecule has 6 heteroatoms. The molecule has 0 aliphatic heterocycles. The molecule has 0 saturated carbocycles. The summed E-state index contributed by atoms with van der Waals surface area (Å²) in [4.78, 5) is 22.6. The van der Waals surface area contributed by atoms with Crippen molar-refractivity contribution in [2.24, 2.45) is 0 Å². The Morgan fingerprint density at radius 2 is 1.85 bits per heavy atom. The van der Waals surface area contributed by atoms with E-state index in [-0.39, 0.29) is 0 Å². The van der Waals surface area contributed by atoms with E-state index in [9.17, 15) is 9.59 Å². The maximum Gasteiger partial charge on any atom is 0.407 e. The van der Waals surface area contributed by atoms with Crippen LogP contribution < -0.4 is 5.32 Å². The highest BCUT2D eigenvalue weighted by atomic mass is 28.3. The number of amides is 1. The molecule has 0 radical (unpaired) electrons. The third-order valence-corrected chi connectivity index (χ3v) is 4.73. The van der Waals surface area contributed by atoms with Gasteiger partial charge >= 0.3 is 12.1 Å². The van der Waals surface area contributed by atoms with E-state index < -0.39 is 26.2 Å². The molecule has 0 fully saturated rings. The number of unbranched alkanes of at least 4 members (excludes halogenated alkanes) is 3. The summed E-state index contributed by atoms with van der Waals surface area (Å²) in [5, 5.41) is 11.5. The second kappa shape index (κ2) is 9.80. The number of alkyl carbamates (subject to hydrolysis) is 1. The molecular formula is C14H29NO4Si. The minimum absolute atomic E-state index is 0.365. The van der Waals surface area contributed by atoms with Crippen LogP contribution in [-0.2, 0) is 9.53 Å². The minimum atomic E-state index is -1.24. The number of carboxylic acid groups (broad SMARTS) is 1. The molecule has 118 valence electrons. The maximum atomic E-state index is 11.6. The zero-order valence-electron chi connectivity index (χ0n) is 13.2. The number of hydrogen-bond acceptors (Lipinski definition) is 3. The highest BCUT2D eigenvalue weighted by Gasteiger charge is 2.20. The van der Waals surface area contributed by atoms with Gasteiger partial charge in [-0.15, -0.1) is 0 Å². The SMILES string of the molecule is CCCCCCC(NC(=O)OCC[Si](C)(C)C)C(=O)O. The highest BCUT2D eigenvalue weighted by Crippen LogP contribution is 2.08. The second-order valence-corrected chi connectivity index (χ2v) is 12.0. The van der Waals surface area contributed by atoms with Gasteiger partial charge in [0.2, 0.25) is 0 Å². The highest BCUT2D eigenvalue weighted by molar-refractivity contribution is 6.76.